The third-order valence-electron chi connectivity index (χ3n) is 4.40. The fourth-order valence-corrected chi connectivity index (χ4v) is 6.18. The summed E-state index contributed by atoms with van der Waals surface area (Å²) in [5, 5.41) is 16.5. The summed E-state index contributed by atoms with van der Waals surface area (Å²) in [7, 11) is 0. The van der Waals surface area contributed by atoms with E-state index >= 15 is 0 Å². The molecule has 0 aliphatic carbocycles. The van der Waals surface area contributed by atoms with Gasteiger partial charge in [0.15, 0.2) is 0 Å². The van der Waals surface area contributed by atoms with Crippen molar-refractivity contribution in [1.82, 2.24) is 10.3 Å². The van der Waals surface area contributed by atoms with Crippen molar-refractivity contribution >= 4 is 72.6 Å². The molecule has 10 heteroatoms. The Morgan fingerprint density at radius 2 is 2.32 bits per heavy atom. The summed E-state index contributed by atoms with van der Waals surface area (Å²) in [6.45, 7) is 1.52. The highest BCUT2D eigenvalue weighted by molar-refractivity contribution is 9.10. The standard InChI is InChI=1S/C17H18BrClN4S2.CH2O2/c18-13-15-16(25-17(13)14-10(20)4-1-5-21-14)11(7-12(19)23-15)22-8-9-3-2-6-24-9;2-1-3/h2-3,6-7,10,14,21H,1,4-5,8,20H2,(H,22,23);1H,(H,2,3)/t10-,14+;/m0./s1. The highest BCUT2D eigenvalue weighted by Gasteiger charge is 2.28. The normalized spacial score (nSPS) is 19.1. The summed E-state index contributed by atoms with van der Waals surface area (Å²) in [6.07, 6.45) is 2.16. The van der Waals surface area contributed by atoms with Crippen molar-refractivity contribution in [2.24, 2.45) is 5.73 Å². The molecule has 3 aromatic heterocycles. The van der Waals surface area contributed by atoms with Gasteiger partial charge in [0, 0.05) is 28.4 Å². The van der Waals surface area contributed by atoms with Crippen LogP contribution in [0.5, 0.6) is 0 Å². The second kappa shape index (κ2) is 10.00. The molecule has 1 fully saturated rings. The fraction of sp³-hybridized carbons (Fsp3) is 0.333. The van der Waals surface area contributed by atoms with Crippen LogP contribution in [0.1, 0.15) is 28.6 Å². The van der Waals surface area contributed by atoms with Crippen molar-refractivity contribution in [3.8, 4) is 0 Å². The van der Waals surface area contributed by atoms with Crippen LogP contribution in [0.3, 0.4) is 0 Å². The number of hydrogen-bond donors (Lipinski definition) is 4. The second-order valence-corrected chi connectivity index (χ2v) is 9.49. The zero-order valence-corrected chi connectivity index (χ0v) is 18.8. The van der Waals surface area contributed by atoms with E-state index in [9.17, 15) is 0 Å². The maximum atomic E-state index is 8.36. The smallest absolute Gasteiger partial charge is 0.290 e. The Labute approximate surface area is 184 Å². The summed E-state index contributed by atoms with van der Waals surface area (Å²) in [4.78, 5) is 15.4. The number of carbonyl (C=O) groups is 1. The van der Waals surface area contributed by atoms with Gasteiger partial charge < -0.3 is 21.5 Å². The third kappa shape index (κ3) is 4.84. The number of rotatable bonds is 4. The maximum Gasteiger partial charge on any atom is 0.290 e. The number of carboxylic acid groups (broad SMARTS) is 1. The number of aromatic nitrogens is 1. The van der Waals surface area contributed by atoms with Gasteiger partial charge in [0.25, 0.3) is 6.47 Å². The first-order valence-electron chi connectivity index (χ1n) is 8.66. The average Bonchev–Trinajstić information content (AvgIpc) is 3.30. The molecule has 0 amide bonds. The molecular formula is C18H20BrClN4O2S2. The second-order valence-electron chi connectivity index (χ2n) is 6.23. The molecule has 6 nitrogen and oxygen atoms in total. The van der Waals surface area contributed by atoms with Gasteiger partial charge in [-0.1, -0.05) is 17.7 Å². The first kappa shape index (κ1) is 21.5. The molecule has 1 aliphatic heterocycles. The molecule has 0 radical (unpaired) electrons. The topological polar surface area (TPSA) is 100 Å². The van der Waals surface area contributed by atoms with Gasteiger partial charge in [-0.15, -0.1) is 22.7 Å². The molecule has 0 bridgehead atoms. The summed E-state index contributed by atoms with van der Waals surface area (Å²) < 4.78 is 2.12. The van der Waals surface area contributed by atoms with Gasteiger partial charge in [-0.05, 0) is 46.8 Å². The van der Waals surface area contributed by atoms with Gasteiger partial charge in [-0.25, -0.2) is 4.98 Å². The quantitative estimate of drug-likeness (QED) is 0.300. The minimum absolute atomic E-state index is 0.121. The van der Waals surface area contributed by atoms with Crippen molar-refractivity contribution < 1.29 is 9.90 Å². The number of nitrogens with one attached hydrogen (secondary N) is 2. The number of anilines is 1. The molecule has 1 saturated heterocycles. The Morgan fingerprint density at radius 3 is 3.00 bits per heavy atom. The number of piperidine rings is 1. The lowest BCUT2D eigenvalue weighted by atomic mass is 9.98. The van der Waals surface area contributed by atoms with Crippen LogP contribution in [0.2, 0.25) is 5.15 Å². The third-order valence-corrected chi connectivity index (χ3v) is 7.83. The molecule has 0 aromatic carbocycles. The number of fused-ring (bicyclic) bond motifs is 1. The largest absolute Gasteiger partial charge is 0.483 e. The minimum atomic E-state index is -0.250. The minimum Gasteiger partial charge on any atom is -0.483 e. The Bertz CT molecular complexity index is 935. The lowest BCUT2D eigenvalue weighted by Crippen LogP contribution is -2.42. The Balaban J connectivity index is 0.000000706. The number of hydrogen-bond acceptors (Lipinski definition) is 7. The van der Waals surface area contributed by atoms with Crippen LogP contribution in [0.25, 0.3) is 10.2 Å². The van der Waals surface area contributed by atoms with E-state index in [1.165, 1.54) is 9.75 Å². The van der Waals surface area contributed by atoms with E-state index < -0.39 is 0 Å². The van der Waals surface area contributed by atoms with Crippen LogP contribution in [0.15, 0.2) is 28.1 Å². The van der Waals surface area contributed by atoms with Crippen molar-refractivity contribution in [3.63, 3.8) is 0 Å². The molecule has 5 N–H and O–H groups in total. The van der Waals surface area contributed by atoms with Crippen LogP contribution in [0.4, 0.5) is 5.69 Å². The molecule has 28 heavy (non-hydrogen) atoms. The molecule has 0 spiro atoms. The van der Waals surface area contributed by atoms with Gasteiger partial charge in [-0.2, -0.15) is 0 Å². The van der Waals surface area contributed by atoms with Gasteiger partial charge in [0.2, 0.25) is 0 Å². The van der Waals surface area contributed by atoms with Crippen LogP contribution < -0.4 is 16.4 Å². The molecule has 150 valence electrons. The van der Waals surface area contributed by atoms with Crippen molar-refractivity contribution in [3.05, 3.63) is 43.0 Å². The summed E-state index contributed by atoms with van der Waals surface area (Å²) in [6, 6.07) is 6.37. The fourth-order valence-electron chi connectivity index (χ4n) is 3.15. The van der Waals surface area contributed by atoms with Gasteiger partial charge in [0.05, 0.1) is 26.4 Å². The molecule has 0 unspecified atom stereocenters. The first-order chi connectivity index (χ1) is 13.5. The molecule has 2 atom stereocenters. The molecule has 0 saturated carbocycles. The Hall–Kier alpha value is -1.23. The predicted molar refractivity (Wildman–Crippen MR) is 121 cm³/mol. The number of thiophene rings is 2. The number of halogens is 2. The number of nitrogens with two attached hydrogens (primary N) is 1. The van der Waals surface area contributed by atoms with E-state index in [2.05, 4.69) is 49.1 Å². The highest BCUT2D eigenvalue weighted by atomic mass is 79.9. The maximum absolute atomic E-state index is 8.36. The van der Waals surface area contributed by atoms with E-state index in [0.717, 1.165) is 46.3 Å². The van der Waals surface area contributed by atoms with E-state index in [1.807, 2.05) is 6.07 Å². The Kier molecular flexibility index (Phi) is 7.67. The van der Waals surface area contributed by atoms with E-state index in [1.54, 1.807) is 22.7 Å². The predicted octanol–water partition coefficient (Wildman–Crippen LogP) is 4.84. The van der Waals surface area contributed by atoms with Crippen LogP contribution in [-0.2, 0) is 11.3 Å². The molecule has 4 rings (SSSR count). The summed E-state index contributed by atoms with van der Waals surface area (Å²) in [5.41, 5.74) is 8.28. The van der Waals surface area contributed by atoms with Gasteiger partial charge in [-0.3, -0.25) is 4.79 Å². The number of pyridine rings is 1. The van der Waals surface area contributed by atoms with Crippen LogP contribution in [-0.4, -0.2) is 29.1 Å². The molecular weight excluding hydrogens is 484 g/mol. The average molecular weight is 504 g/mol. The first-order valence-corrected chi connectivity index (χ1v) is 11.5. The molecule has 1 aliphatic rings. The van der Waals surface area contributed by atoms with E-state index in [4.69, 9.17) is 27.2 Å². The van der Waals surface area contributed by atoms with Crippen LogP contribution in [0, 0.1) is 0 Å². The zero-order valence-electron chi connectivity index (χ0n) is 14.8. The Morgan fingerprint density at radius 1 is 1.54 bits per heavy atom. The monoisotopic (exact) mass is 502 g/mol. The lowest BCUT2D eigenvalue weighted by molar-refractivity contribution is -0.122. The van der Waals surface area contributed by atoms with Crippen molar-refractivity contribution in [2.75, 3.05) is 11.9 Å². The highest BCUT2D eigenvalue weighted by Crippen LogP contribution is 2.43. The van der Waals surface area contributed by atoms with Gasteiger partial charge in [0.1, 0.15) is 5.15 Å². The van der Waals surface area contributed by atoms with E-state index in [-0.39, 0.29) is 18.6 Å². The van der Waals surface area contributed by atoms with Crippen molar-refractivity contribution in [1.29, 1.82) is 0 Å². The summed E-state index contributed by atoms with van der Waals surface area (Å²) in [5.74, 6) is 0. The van der Waals surface area contributed by atoms with E-state index in [0.29, 0.717) is 5.15 Å². The zero-order chi connectivity index (χ0) is 20.1. The SMILES string of the molecule is N[C@H]1CCCN[C@H]1c1sc2c(NCc3cccs3)cc(Cl)nc2c1Br.O=CO. The van der Waals surface area contributed by atoms with Crippen molar-refractivity contribution in [2.45, 2.75) is 31.5 Å². The summed E-state index contributed by atoms with van der Waals surface area (Å²) >= 11 is 13.5. The lowest BCUT2D eigenvalue weighted by Gasteiger charge is -2.29. The van der Waals surface area contributed by atoms with Crippen LogP contribution >= 0.6 is 50.2 Å². The number of nitrogens with zero attached hydrogens (tertiary/aromatic N) is 1. The van der Waals surface area contributed by atoms with Gasteiger partial charge >= 0.3 is 0 Å². The molecule has 4 heterocycles. The molecule has 3 aromatic rings.